The van der Waals surface area contributed by atoms with E-state index in [2.05, 4.69) is 10.2 Å². The van der Waals surface area contributed by atoms with Gasteiger partial charge in [0.2, 0.25) is 5.91 Å². The molecule has 1 amide bonds. The molecular weight excluding hydrogens is 452 g/mol. The van der Waals surface area contributed by atoms with Crippen LogP contribution in [0.15, 0.2) is 24.3 Å². The molecule has 1 fully saturated rings. The number of nitro groups is 1. The molecule has 3 rings (SSSR count). The Hall–Kier alpha value is -3.51. The van der Waals surface area contributed by atoms with Gasteiger partial charge in [0.05, 0.1) is 31.3 Å². The number of ether oxygens (including phenoxy) is 2. The largest absolute Gasteiger partial charge is 0.465 e. The number of rotatable bonds is 7. The zero-order valence-corrected chi connectivity index (χ0v) is 19.3. The Kier molecular flexibility index (Phi) is 7.61. The van der Waals surface area contributed by atoms with E-state index in [1.807, 2.05) is 4.90 Å². The van der Waals surface area contributed by atoms with Crippen LogP contribution in [0.25, 0.3) is 0 Å². The average Bonchev–Trinajstić information content (AvgIpc) is 3.14. The van der Waals surface area contributed by atoms with Crippen LogP contribution in [0.5, 0.6) is 0 Å². The zero-order chi connectivity index (χ0) is 24.1. The summed E-state index contributed by atoms with van der Waals surface area (Å²) >= 11 is 0.972. The number of nitrogens with zero attached hydrogens (tertiary/aromatic N) is 3. The Bertz CT molecular complexity index is 1060. The van der Waals surface area contributed by atoms with Crippen molar-refractivity contribution in [2.24, 2.45) is 0 Å². The first-order chi connectivity index (χ1) is 15.7. The molecule has 1 N–H and O–H groups in total. The van der Waals surface area contributed by atoms with Crippen LogP contribution in [0.3, 0.4) is 0 Å². The lowest BCUT2D eigenvalue weighted by Gasteiger charge is -2.35. The van der Waals surface area contributed by atoms with Gasteiger partial charge in [-0.2, -0.15) is 0 Å². The number of hydrogen-bond acceptors (Lipinski definition) is 10. The monoisotopic (exact) mass is 476 g/mol. The van der Waals surface area contributed by atoms with Crippen molar-refractivity contribution in [3.63, 3.8) is 0 Å². The maximum Gasteiger partial charge on any atom is 0.348 e. The molecule has 12 heteroatoms. The minimum Gasteiger partial charge on any atom is -0.465 e. The van der Waals surface area contributed by atoms with Gasteiger partial charge in [0.25, 0.3) is 5.69 Å². The van der Waals surface area contributed by atoms with Crippen LogP contribution in [0.2, 0.25) is 0 Å². The number of hydrogen-bond donors (Lipinski definition) is 1. The van der Waals surface area contributed by atoms with Crippen molar-refractivity contribution in [2.75, 3.05) is 57.2 Å². The van der Waals surface area contributed by atoms with E-state index in [1.54, 1.807) is 19.1 Å². The van der Waals surface area contributed by atoms with Crippen LogP contribution in [-0.2, 0) is 14.3 Å². The number of thiophene rings is 1. The van der Waals surface area contributed by atoms with Gasteiger partial charge in [0.15, 0.2) is 0 Å². The van der Waals surface area contributed by atoms with Gasteiger partial charge in [-0.15, -0.1) is 11.3 Å². The number of anilines is 2. The van der Waals surface area contributed by atoms with Crippen LogP contribution in [0.4, 0.5) is 16.4 Å². The summed E-state index contributed by atoms with van der Waals surface area (Å²) < 4.78 is 9.55. The van der Waals surface area contributed by atoms with Gasteiger partial charge in [-0.1, -0.05) is 0 Å². The minimum atomic E-state index is -0.647. The number of amides is 1. The van der Waals surface area contributed by atoms with Crippen molar-refractivity contribution in [3.05, 3.63) is 50.4 Å². The smallest absolute Gasteiger partial charge is 0.348 e. The summed E-state index contributed by atoms with van der Waals surface area (Å²) in [6.45, 7) is 4.25. The van der Waals surface area contributed by atoms with Crippen molar-refractivity contribution < 1.29 is 28.8 Å². The highest BCUT2D eigenvalue weighted by Crippen LogP contribution is 2.34. The average molecular weight is 477 g/mol. The van der Waals surface area contributed by atoms with Crippen LogP contribution in [0, 0.1) is 17.0 Å². The number of esters is 2. The number of carbonyl (C=O) groups is 3. The fourth-order valence-electron chi connectivity index (χ4n) is 3.56. The lowest BCUT2D eigenvalue weighted by molar-refractivity contribution is -0.384. The standard InChI is InChI=1S/C21H24N4O7S/c1-13-17(20(27)31-2)19(33-18(13)21(28)32-3)22-16(26)12-23-8-10-24(11-9-23)14-4-6-15(7-5-14)25(29)30/h4-7H,8-12H2,1-3H3,(H,22,26). The van der Waals surface area contributed by atoms with Gasteiger partial charge in [-0.3, -0.25) is 19.8 Å². The van der Waals surface area contributed by atoms with Gasteiger partial charge >= 0.3 is 11.9 Å². The van der Waals surface area contributed by atoms with E-state index in [-0.39, 0.29) is 33.6 Å². The Morgan fingerprint density at radius 1 is 1.06 bits per heavy atom. The number of piperazine rings is 1. The summed E-state index contributed by atoms with van der Waals surface area (Å²) in [6, 6.07) is 6.37. The van der Waals surface area contributed by atoms with E-state index >= 15 is 0 Å². The molecule has 0 bridgehead atoms. The molecule has 1 aromatic carbocycles. The number of nitro benzene ring substituents is 1. The van der Waals surface area contributed by atoms with Gasteiger partial charge in [-0.05, 0) is 24.6 Å². The van der Waals surface area contributed by atoms with E-state index < -0.39 is 16.9 Å². The van der Waals surface area contributed by atoms with Crippen molar-refractivity contribution in [1.82, 2.24) is 4.90 Å². The SMILES string of the molecule is COC(=O)c1sc(NC(=O)CN2CCN(c3ccc([N+](=O)[O-])cc3)CC2)c(C(=O)OC)c1C. The molecule has 0 radical (unpaired) electrons. The maximum absolute atomic E-state index is 12.7. The van der Waals surface area contributed by atoms with Crippen LogP contribution < -0.4 is 10.2 Å². The summed E-state index contributed by atoms with van der Waals surface area (Å²) in [5.41, 5.74) is 1.46. The third kappa shape index (κ3) is 5.46. The molecule has 2 heterocycles. The van der Waals surface area contributed by atoms with Crippen LogP contribution >= 0.6 is 11.3 Å². The molecule has 2 aromatic rings. The lowest BCUT2D eigenvalue weighted by atomic mass is 10.1. The van der Waals surface area contributed by atoms with Crippen molar-refractivity contribution in [3.8, 4) is 0 Å². The fraction of sp³-hybridized carbons (Fsp3) is 0.381. The lowest BCUT2D eigenvalue weighted by Crippen LogP contribution is -2.48. The van der Waals surface area contributed by atoms with E-state index in [9.17, 15) is 24.5 Å². The summed E-state index contributed by atoms with van der Waals surface area (Å²) in [7, 11) is 2.47. The Labute approximate surface area is 194 Å². The second kappa shape index (κ2) is 10.4. The van der Waals surface area contributed by atoms with Crippen LogP contribution in [0.1, 0.15) is 25.6 Å². The first-order valence-electron chi connectivity index (χ1n) is 10.1. The molecule has 1 saturated heterocycles. The highest BCUT2D eigenvalue weighted by Gasteiger charge is 2.27. The molecule has 11 nitrogen and oxygen atoms in total. The summed E-state index contributed by atoms with van der Waals surface area (Å²) in [4.78, 5) is 51.5. The molecule has 176 valence electrons. The predicted molar refractivity (Wildman–Crippen MR) is 122 cm³/mol. The minimum absolute atomic E-state index is 0.0413. The Balaban J connectivity index is 1.61. The summed E-state index contributed by atoms with van der Waals surface area (Å²) in [5.74, 6) is -1.56. The Morgan fingerprint density at radius 2 is 1.67 bits per heavy atom. The Morgan fingerprint density at radius 3 is 2.21 bits per heavy atom. The molecule has 0 spiro atoms. The molecular formula is C21H24N4O7S. The molecule has 0 aliphatic carbocycles. The predicted octanol–water partition coefficient (Wildman–Crippen LogP) is 2.30. The molecule has 1 aliphatic heterocycles. The topological polar surface area (TPSA) is 131 Å². The van der Waals surface area contributed by atoms with E-state index in [0.29, 0.717) is 31.7 Å². The van der Waals surface area contributed by atoms with Crippen molar-refractivity contribution >= 4 is 45.6 Å². The third-order valence-electron chi connectivity index (χ3n) is 5.33. The first-order valence-corrected chi connectivity index (χ1v) is 10.9. The number of non-ortho nitro benzene ring substituents is 1. The maximum atomic E-state index is 12.7. The highest BCUT2D eigenvalue weighted by molar-refractivity contribution is 7.18. The van der Waals surface area contributed by atoms with Crippen molar-refractivity contribution in [1.29, 1.82) is 0 Å². The van der Waals surface area contributed by atoms with E-state index in [0.717, 1.165) is 17.0 Å². The van der Waals surface area contributed by atoms with E-state index in [4.69, 9.17) is 9.47 Å². The second-order valence-corrected chi connectivity index (χ2v) is 8.35. The molecule has 0 saturated carbocycles. The summed E-state index contributed by atoms with van der Waals surface area (Å²) in [6.07, 6.45) is 0. The molecule has 33 heavy (non-hydrogen) atoms. The summed E-state index contributed by atoms with van der Waals surface area (Å²) in [5, 5.41) is 13.8. The second-order valence-electron chi connectivity index (χ2n) is 7.33. The third-order valence-corrected chi connectivity index (χ3v) is 6.51. The van der Waals surface area contributed by atoms with Crippen molar-refractivity contribution in [2.45, 2.75) is 6.92 Å². The van der Waals surface area contributed by atoms with Crippen LogP contribution in [-0.4, -0.2) is 74.6 Å². The normalized spacial score (nSPS) is 14.0. The quantitative estimate of drug-likeness (QED) is 0.363. The van der Waals surface area contributed by atoms with Gasteiger partial charge < -0.3 is 19.7 Å². The number of methoxy groups -OCH3 is 2. The van der Waals surface area contributed by atoms with E-state index in [1.165, 1.54) is 26.4 Å². The molecule has 1 aromatic heterocycles. The number of carbonyl (C=O) groups excluding carboxylic acids is 3. The first kappa shape index (κ1) is 24.1. The molecule has 1 aliphatic rings. The zero-order valence-electron chi connectivity index (χ0n) is 18.5. The number of nitrogens with one attached hydrogen (secondary N) is 1. The molecule has 0 atom stereocenters. The van der Waals surface area contributed by atoms with Gasteiger partial charge in [0.1, 0.15) is 9.88 Å². The fourth-order valence-corrected chi connectivity index (χ4v) is 4.68. The highest BCUT2D eigenvalue weighted by atomic mass is 32.1. The molecule has 0 unspecified atom stereocenters. The van der Waals surface area contributed by atoms with Gasteiger partial charge in [0, 0.05) is 44.0 Å². The number of benzene rings is 1. The van der Waals surface area contributed by atoms with Gasteiger partial charge in [-0.25, -0.2) is 9.59 Å².